The first-order valence-electron chi connectivity index (χ1n) is 4.11. The highest BCUT2D eigenvalue weighted by molar-refractivity contribution is 6.08. The summed E-state index contributed by atoms with van der Waals surface area (Å²) >= 11 is 0. The van der Waals surface area contributed by atoms with Crippen molar-refractivity contribution in [2.75, 3.05) is 0 Å². The van der Waals surface area contributed by atoms with Gasteiger partial charge in [-0.25, -0.2) is 0 Å². The molecule has 0 aliphatic carbocycles. The van der Waals surface area contributed by atoms with Gasteiger partial charge in [0, 0.05) is 10.2 Å². The van der Waals surface area contributed by atoms with Gasteiger partial charge in [0.1, 0.15) is 5.75 Å². The number of phenols is 1. The summed E-state index contributed by atoms with van der Waals surface area (Å²) in [6, 6.07) is 8.89. The summed E-state index contributed by atoms with van der Waals surface area (Å²) in [5, 5.41) is 9.35. The first-order valence-corrected chi connectivity index (χ1v) is 5.53. The van der Waals surface area contributed by atoms with E-state index in [4.69, 9.17) is 0 Å². The van der Waals surface area contributed by atoms with Crippen LogP contribution in [0.2, 0.25) is 6.04 Å². The van der Waals surface area contributed by atoms with E-state index in [-0.39, 0.29) is 0 Å². The van der Waals surface area contributed by atoms with Crippen LogP contribution in [-0.2, 0) is 6.42 Å². The highest BCUT2D eigenvalue weighted by Gasteiger charge is 1.96. The van der Waals surface area contributed by atoms with E-state index in [1.165, 1.54) is 22.7 Å². The summed E-state index contributed by atoms with van der Waals surface area (Å²) in [5.41, 5.74) is 1.09. The van der Waals surface area contributed by atoms with E-state index in [9.17, 15) is 5.11 Å². The Labute approximate surface area is 70.5 Å². The number of para-hydroxylation sites is 1. The smallest absolute Gasteiger partial charge is 0.118 e. The third-order valence-corrected chi connectivity index (χ3v) is 2.50. The van der Waals surface area contributed by atoms with Gasteiger partial charge in [0.15, 0.2) is 0 Å². The summed E-state index contributed by atoms with van der Waals surface area (Å²) in [4.78, 5) is 0. The number of phenolic OH excluding ortho intramolecular Hbond substituents is 1. The molecule has 60 valence electrons. The van der Waals surface area contributed by atoms with E-state index in [0.717, 1.165) is 12.0 Å². The number of benzene rings is 1. The molecular formula is C9H14OSi. The number of hydrogen-bond donors (Lipinski definition) is 1. The van der Waals surface area contributed by atoms with Crippen molar-refractivity contribution in [3.63, 3.8) is 0 Å². The van der Waals surface area contributed by atoms with Gasteiger partial charge in [-0.2, -0.15) is 0 Å². The average molecular weight is 166 g/mol. The third-order valence-electron chi connectivity index (χ3n) is 1.79. The minimum atomic E-state index is 0.447. The van der Waals surface area contributed by atoms with E-state index in [2.05, 4.69) is 0 Å². The number of rotatable bonds is 3. The Hall–Kier alpha value is -0.763. The van der Waals surface area contributed by atoms with Crippen LogP contribution in [0.3, 0.4) is 0 Å². The van der Waals surface area contributed by atoms with Crippen LogP contribution in [-0.4, -0.2) is 15.3 Å². The van der Waals surface area contributed by atoms with Gasteiger partial charge in [0.05, 0.1) is 0 Å². The van der Waals surface area contributed by atoms with Crippen molar-refractivity contribution < 1.29 is 5.11 Å². The second-order valence-corrected chi connectivity index (χ2v) is 3.73. The molecule has 0 amide bonds. The van der Waals surface area contributed by atoms with Crippen molar-refractivity contribution in [3.8, 4) is 5.75 Å². The Morgan fingerprint density at radius 1 is 1.27 bits per heavy atom. The van der Waals surface area contributed by atoms with E-state index in [1.54, 1.807) is 6.07 Å². The van der Waals surface area contributed by atoms with E-state index in [0.29, 0.717) is 5.75 Å². The van der Waals surface area contributed by atoms with Crippen molar-refractivity contribution in [3.05, 3.63) is 29.8 Å². The van der Waals surface area contributed by atoms with Gasteiger partial charge in [0.2, 0.25) is 0 Å². The lowest BCUT2D eigenvalue weighted by Gasteiger charge is -2.01. The highest BCUT2D eigenvalue weighted by Crippen LogP contribution is 2.17. The fourth-order valence-corrected chi connectivity index (χ4v) is 1.44. The zero-order chi connectivity index (χ0) is 8.10. The van der Waals surface area contributed by atoms with Gasteiger partial charge >= 0.3 is 0 Å². The molecule has 1 nitrogen and oxygen atoms in total. The Kier molecular flexibility index (Phi) is 3.17. The molecule has 0 aromatic heterocycles. The summed E-state index contributed by atoms with van der Waals surface area (Å²) in [6.45, 7) is 0. The van der Waals surface area contributed by atoms with Crippen molar-refractivity contribution in [1.29, 1.82) is 0 Å². The van der Waals surface area contributed by atoms with Crippen molar-refractivity contribution in [1.82, 2.24) is 0 Å². The fraction of sp³-hybridized carbons (Fsp3) is 0.333. The molecule has 0 aliphatic heterocycles. The van der Waals surface area contributed by atoms with E-state index in [1.807, 2.05) is 18.2 Å². The molecule has 1 aromatic carbocycles. The van der Waals surface area contributed by atoms with E-state index >= 15 is 0 Å². The lowest BCUT2D eigenvalue weighted by atomic mass is 10.1. The highest BCUT2D eigenvalue weighted by atomic mass is 28.1. The van der Waals surface area contributed by atoms with Crippen LogP contribution in [0.4, 0.5) is 0 Å². The Morgan fingerprint density at radius 2 is 2.00 bits per heavy atom. The van der Waals surface area contributed by atoms with Crippen LogP contribution in [0, 0.1) is 0 Å². The molecule has 0 spiro atoms. The normalized spacial score (nSPS) is 10.2. The minimum Gasteiger partial charge on any atom is -0.508 e. The standard InChI is InChI=1S/C9H14OSi/c10-9-6-2-1-4-8(9)5-3-7-11/h1-2,4,6,10H,3,5,7H2,11H3. The first kappa shape index (κ1) is 8.33. The summed E-state index contributed by atoms with van der Waals surface area (Å²) < 4.78 is 0. The van der Waals surface area contributed by atoms with Crippen molar-refractivity contribution >= 4 is 10.2 Å². The zero-order valence-corrected chi connectivity index (χ0v) is 8.88. The SMILES string of the molecule is Oc1ccccc1CCC[SiH3]. The molecule has 0 unspecified atom stereocenters. The molecular weight excluding hydrogens is 152 g/mol. The van der Waals surface area contributed by atoms with Crippen LogP contribution >= 0.6 is 0 Å². The van der Waals surface area contributed by atoms with E-state index < -0.39 is 0 Å². The van der Waals surface area contributed by atoms with Crippen molar-refractivity contribution in [2.24, 2.45) is 0 Å². The van der Waals surface area contributed by atoms with Crippen LogP contribution in [0.25, 0.3) is 0 Å². The molecule has 11 heavy (non-hydrogen) atoms. The Balaban J connectivity index is 2.62. The predicted octanol–water partition coefficient (Wildman–Crippen LogP) is 1.11. The maximum Gasteiger partial charge on any atom is 0.118 e. The quantitative estimate of drug-likeness (QED) is 0.667. The molecule has 0 bridgehead atoms. The molecule has 0 saturated carbocycles. The lowest BCUT2D eigenvalue weighted by molar-refractivity contribution is 0.467. The van der Waals surface area contributed by atoms with Gasteiger partial charge in [-0.15, -0.1) is 0 Å². The second-order valence-electron chi connectivity index (χ2n) is 2.73. The Morgan fingerprint density at radius 3 is 2.64 bits per heavy atom. The largest absolute Gasteiger partial charge is 0.508 e. The predicted molar refractivity (Wildman–Crippen MR) is 51.2 cm³/mol. The molecule has 1 N–H and O–H groups in total. The lowest BCUT2D eigenvalue weighted by Crippen LogP contribution is -1.84. The summed E-state index contributed by atoms with van der Waals surface area (Å²) in [6.07, 6.45) is 2.24. The number of aryl methyl sites for hydroxylation is 1. The summed E-state index contributed by atoms with van der Waals surface area (Å²) in [5.74, 6) is 0.447. The molecule has 0 atom stereocenters. The van der Waals surface area contributed by atoms with Gasteiger partial charge in [-0.3, -0.25) is 0 Å². The van der Waals surface area contributed by atoms with Crippen molar-refractivity contribution in [2.45, 2.75) is 18.9 Å². The minimum absolute atomic E-state index is 0.447. The second kappa shape index (κ2) is 4.19. The first-order chi connectivity index (χ1) is 5.34. The molecule has 0 fully saturated rings. The van der Waals surface area contributed by atoms with Crippen LogP contribution in [0.15, 0.2) is 24.3 Å². The summed E-state index contributed by atoms with van der Waals surface area (Å²) in [7, 11) is 1.27. The molecule has 1 rings (SSSR count). The third kappa shape index (κ3) is 2.39. The van der Waals surface area contributed by atoms with Gasteiger partial charge in [-0.1, -0.05) is 30.7 Å². The molecule has 1 aromatic rings. The van der Waals surface area contributed by atoms with Gasteiger partial charge in [0.25, 0.3) is 0 Å². The van der Waals surface area contributed by atoms with Crippen LogP contribution < -0.4 is 0 Å². The molecule has 2 heteroatoms. The Bertz CT molecular complexity index is 223. The maximum atomic E-state index is 9.35. The molecule has 0 heterocycles. The van der Waals surface area contributed by atoms with Gasteiger partial charge in [-0.05, 0) is 18.1 Å². The molecule has 0 radical (unpaired) electrons. The van der Waals surface area contributed by atoms with Crippen LogP contribution in [0.1, 0.15) is 12.0 Å². The van der Waals surface area contributed by atoms with Crippen LogP contribution in [0.5, 0.6) is 5.75 Å². The fourth-order valence-electron chi connectivity index (χ4n) is 1.09. The molecule has 0 aliphatic rings. The number of hydrogen-bond acceptors (Lipinski definition) is 1. The van der Waals surface area contributed by atoms with Gasteiger partial charge < -0.3 is 5.11 Å². The zero-order valence-electron chi connectivity index (χ0n) is 6.88. The number of aromatic hydroxyl groups is 1. The maximum absolute atomic E-state index is 9.35. The average Bonchev–Trinajstić information content (AvgIpc) is 2.03. The molecule has 0 saturated heterocycles. The monoisotopic (exact) mass is 166 g/mol. The topological polar surface area (TPSA) is 20.2 Å².